The average molecular weight is 314 g/mol. The predicted octanol–water partition coefficient (Wildman–Crippen LogP) is 2.51. The van der Waals surface area contributed by atoms with Crippen molar-refractivity contribution in [1.82, 2.24) is 9.97 Å². The Labute approximate surface area is 132 Å². The lowest BCUT2D eigenvalue weighted by molar-refractivity contribution is 0.284. The summed E-state index contributed by atoms with van der Waals surface area (Å²) in [5.41, 5.74) is 2.21. The van der Waals surface area contributed by atoms with E-state index in [1.54, 1.807) is 31.5 Å². The Bertz CT molecular complexity index is 853. The first kappa shape index (κ1) is 15.3. The van der Waals surface area contributed by atoms with Crippen LogP contribution < -0.4 is 10.2 Å². The van der Waals surface area contributed by atoms with Gasteiger partial charge < -0.3 is 19.2 Å². The van der Waals surface area contributed by atoms with Gasteiger partial charge >= 0.3 is 0 Å². The number of rotatable bonds is 6. The summed E-state index contributed by atoms with van der Waals surface area (Å²) in [4.78, 5) is 19.6. The molecule has 0 aliphatic heterocycles. The number of pyridine rings is 1. The molecule has 1 aromatic carbocycles. The zero-order valence-corrected chi connectivity index (χ0v) is 12.8. The fourth-order valence-corrected chi connectivity index (χ4v) is 2.60. The highest BCUT2D eigenvalue weighted by Gasteiger charge is 2.13. The highest BCUT2D eigenvalue weighted by atomic mass is 16.5. The normalized spacial score (nSPS) is 11.0. The highest BCUT2D eigenvalue weighted by Crippen LogP contribution is 2.32. The summed E-state index contributed by atoms with van der Waals surface area (Å²) in [5, 5.41) is 9.43. The van der Waals surface area contributed by atoms with Crippen LogP contribution in [0, 0.1) is 0 Å². The standard InChI is InChI=1S/C17H18N2O4/c1-22-16-8-14-12(7-13(16)17-9-18-10-23-17)15(21)6-11(19-14)4-2-3-5-20/h6-10,20H,2-5H2,1H3,(H,19,21). The maximum atomic E-state index is 12.4. The van der Waals surface area contributed by atoms with E-state index in [0.717, 1.165) is 24.1 Å². The largest absolute Gasteiger partial charge is 0.496 e. The minimum Gasteiger partial charge on any atom is -0.496 e. The number of hydrogen-bond acceptors (Lipinski definition) is 5. The van der Waals surface area contributed by atoms with E-state index >= 15 is 0 Å². The molecule has 0 radical (unpaired) electrons. The van der Waals surface area contributed by atoms with E-state index in [4.69, 9.17) is 14.3 Å². The van der Waals surface area contributed by atoms with Crippen molar-refractivity contribution in [3.63, 3.8) is 0 Å². The first-order valence-corrected chi connectivity index (χ1v) is 7.46. The number of fused-ring (bicyclic) bond motifs is 1. The van der Waals surface area contributed by atoms with Gasteiger partial charge in [0.05, 0.1) is 24.4 Å². The van der Waals surface area contributed by atoms with Crippen LogP contribution in [-0.4, -0.2) is 28.8 Å². The predicted molar refractivity (Wildman–Crippen MR) is 86.6 cm³/mol. The van der Waals surface area contributed by atoms with Crippen LogP contribution in [0.25, 0.3) is 22.2 Å². The third kappa shape index (κ3) is 3.12. The first-order chi connectivity index (χ1) is 11.2. The third-order valence-corrected chi connectivity index (χ3v) is 3.76. The fourth-order valence-electron chi connectivity index (χ4n) is 2.60. The monoisotopic (exact) mass is 314 g/mol. The summed E-state index contributed by atoms with van der Waals surface area (Å²) in [5.74, 6) is 1.16. The molecule has 0 amide bonds. The van der Waals surface area contributed by atoms with E-state index in [1.807, 2.05) is 0 Å². The van der Waals surface area contributed by atoms with Gasteiger partial charge in [-0.05, 0) is 25.3 Å². The number of aliphatic hydroxyl groups excluding tert-OH is 1. The van der Waals surface area contributed by atoms with Crippen LogP contribution in [0.4, 0.5) is 0 Å². The molecule has 0 fully saturated rings. The number of methoxy groups -OCH3 is 1. The van der Waals surface area contributed by atoms with Crippen LogP contribution in [0.5, 0.6) is 5.75 Å². The fraction of sp³-hybridized carbons (Fsp3) is 0.294. The summed E-state index contributed by atoms with van der Waals surface area (Å²) in [6.45, 7) is 0.159. The van der Waals surface area contributed by atoms with Crippen molar-refractivity contribution in [3.8, 4) is 17.1 Å². The zero-order chi connectivity index (χ0) is 16.2. The van der Waals surface area contributed by atoms with Gasteiger partial charge in [-0.1, -0.05) is 0 Å². The topological polar surface area (TPSA) is 88.4 Å². The van der Waals surface area contributed by atoms with E-state index in [-0.39, 0.29) is 12.0 Å². The van der Waals surface area contributed by atoms with Crippen LogP contribution in [0.3, 0.4) is 0 Å². The lowest BCUT2D eigenvalue weighted by atomic mass is 10.1. The van der Waals surface area contributed by atoms with E-state index in [2.05, 4.69) is 9.97 Å². The van der Waals surface area contributed by atoms with Gasteiger partial charge in [0.2, 0.25) is 0 Å². The molecule has 0 saturated carbocycles. The number of benzene rings is 1. The molecule has 2 heterocycles. The zero-order valence-electron chi connectivity index (χ0n) is 12.8. The molecular weight excluding hydrogens is 296 g/mol. The maximum absolute atomic E-state index is 12.4. The average Bonchev–Trinajstić information content (AvgIpc) is 3.08. The number of hydrogen-bond donors (Lipinski definition) is 2. The lowest BCUT2D eigenvalue weighted by Crippen LogP contribution is -2.06. The Balaban J connectivity index is 2.08. The number of unbranched alkanes of at least 4 members (excludes halogenated alkanes) is 1. The van der Waals surface area contributed by atoms with Crippen molar-refractivity contribution in [2.75, 3.05) is 13.7 Å². The molecule has 6 heteroatoms. The maximum Gasteiger partial charge on any atom is 0.189 e. The van der Waals surface area contributed by atoms with Gasteiger partial charge in [0, 0.05) is 29.8 Å². The number of H-pyrrole nitrogens is 1. The van der Waals surface area contributed by atoms with E-state index in [9.17, 15) is 4.79 Å². The SMILES string of the molecule is COc1cc2[nH]c(CCCCO)cc(=O)c2cc1-c1cnco1. The van der Waals surface area contributed by atoms with Crippen LogP contribution in [-0.2, 0) is 6.42 Å². The molecular formula is C17H18N2O4. The molecule has 2 N–H and O–H groups in total. The Morgan fingerprint density at radius 1 is 1.30 bits per heavy atom. The van der Waals surface area contributed by atoms with E-state index in [0.29, 0.717) is 28.9 Å². The van der Waals surface area contributed by atoms with E-state index in [1.165, 1.54) is 6.39 Å². The number of aromatic amines is 1. The van der Waals surface area contributed by atoms with E-state index < -0.39 is 0 Å². The second-order valence-electron chi connectivity index (χ2n) is 5.30. The van der Waals surface area contributed by atoms with Crippen LogP contribution in [0.1, 0.15) is 18.5 Å². The molecule has 120 valence electrons. The van der Waals surface area contributed by atoms with Gasteiger partial charge in [-0.3, -0.25) is 4.79 Å². The first-order valence-electron chi connectivity index (χ1n) is 7.46. The number of ether oxygens (including phenoxy) is 1. The van der Waals surface area contributed by atoms with Crippen molar-refractivity contribution in [2.45, 2.75) is 19.3 Å². The van der Waals surface area contributed by atoms with Crippen LogP contribution in [0.2, 0.25) is 0 Å². The second-order valence-corrected chi connectivity index (χ2v) is 5.30. The highest BCUT2D eigenvalue weighted by molar-refractivity contribution is 5.87. The molecule has 3 aromatic rings. The quantitative estimate of drug-likeness (QED) is 0.682. The Morgan fingerprint density at radius 3 is 2.87 bits per heavy atom. The molecule has 0 bridgehead atoms. The molecule has 6 nitrogen and oxygen atoms in total. The summed E-state index contributed by atoms with van der Waals surface area (Å²) in [6.07, 6.45) is 5.19. The summed E-state index contributed by atoms with van der Waals surface area (Å²) in [7, 11) is 1.57. The summed E-state index contributed by atoms with van der Waals surface area (Å²) < 4.78 is 10.7. The van der Waals surface area contributed by atoms with Gasteiger partial charge in [0.1, 0.15) is 5.75 Å². The number of oxazole rings is 1. The third-order valence-electron chi connectivity index (χ3n) is 3.76. The molecule has 2 aromatic heterocycles. The van der Waals surface area contributed by atoms with Gasteiger partial charge in [-0.15, -0.1) is 0 Å². The molecule has 23 heavy (non-hydrogen) atoms. The van der Waals surface area contributed by atoms with Crippen molar-refractivity contribution >= 4 is 10.9 Å². The van der Waals surface area contributed by atoms with Crippen molar-refractivity contribution in [2.24, 2.45) is 0 Å². The lowest BCUT2D eigenvalue weighted by Gasteiger charge is -2.09. The molecule has 0 saturated heterocycles. The summed E-state index contributed by atoms with van der Waals surface area (Å²) in [6, 6.07) is 5.16. The Morgan fingerprint density at radius 2 is 2.17 bits per heavy atom. The molecule has 0 unspecified atom stereocenters. The van der Waals surface area contributed by atoms with Gasteiger partial charge in [-0.25, -0.2) is 4.98 Å². The number of aromatic nitrogens is 2. The second kappa shape index (κ2) is 6.66. The van der Waals surface area contributed by atoms with Crippen molar-refractivity contribution in [1.29, 1.82) is 0 Å². The van der Waals surface area contributed by atoms with Crippen LogP contribution >= 0.6 is 0 Å². The number of nitrogens with zero attached hydrogens (tertiary/aromatic N) is 1. The van der Waals surface area contributed by atoms with Crippen molar-refractivity contribution in [3.05, 3.63) is 46.7 Å². The van der Waals surface area contributed by atoms with Gasteiger partial charge in [0.15, 0.2) is 17.6 Å². The Hall–Kier alpha value is -2.60. The van der Waals surface area contributed by atoms with Gasteiger partial charge in [-0.2, -0.15) is 0 Å². The molecule has 0 aliphatic rings. The molecule has 0 spiro atoms. The number of aliphatic hydroxyl groups is 1. The van der Waals surface area contributed by atoms with Gasteiger partial charge in [0.25, 0.3) is 0 Å². The number of aryl methyl sites for hydroxylation is 1. The molecule has 3 rings (SSSR count). The van der Waals surface area contributed by atoms with Crippen LogP contribution in [0.15, 0.2) is 40.0 Å². The minimum absolute atomic E-state index is 0.0545. The van der Waals surface area contributed by atoms with Crippen molar-refractivity contribution < 1.29 is 14.3 Å². The molecule has 0 atom stereocenters. The molecule has 0 aliphatic carbocycles. The minimum atomic E-state index is -0.0545. The number of nitrogens with one attached hydrogen (secondary N) is 1. The smallest absolute Gasteiger partial charge is 0.189 e. The summed E-state index contributed by atoms with van der Waals surface area (Å²) >= 11 is 0. The Kier molecular flexibility index (Phi) is 4.43.